The Morgan fingerprint density at radius 2 is 2.31 bits per heavy atom. The van der Waals surface area contributed by atoms with Crippen molar-refractivity contribution < 1.29 is 8.83 Å². The predicted octanol–water partition coefficient (Wildman–Crippen LogP) is 2.60. The Hall–Kier alpha value is -1.99. The van der Waals surface area contributed by atoms with Crippen LogP contribution in [0.25, 0.3) is 0 Å². The maximum absolute atomic E-state index is 8.60. The van der Waals surface area contributed by atoms with Gasteiger partial charge in [0.2, 0.25) is 5.76 Å². The highest BCUT2D eigenvalue weighted by atomic mass is 16.3. The van der Waals surface area contributed by atoms with Crippen molar-refractivity contribution in [1.82, 2.24) is 5.32 Å². The topological polar surface area (TPSA) is 62.1 Å². The van der Waals surface area contributed by atoms with E-state index in [4.69, 9.17) is 14.1 Å². The summed E-state index contributed by atoms with van der Waals surface area (Å²) >= 11 is 0. The number of nitrogens with zero attached hydrogens (tertiary/aromatic N) is 1. The first kappa shape index (κ1) is 10.5. The van der Waals surface area contributed by atoms with Crippen molar-refractivity contribution in [3.63, 3.8) is 0 Å². The van der Waals surface area contributed by atoms with Gasteiger partial charge in [0, 0.05) is 0 Å². The van der Waals surface area contributed by atoms with Gasteiger partial charge in [-0.25, -0.2) is 0 Å². The second kappa shape index (κ2) is 4.69. The summed E-state index contributed by atoms with van der Waals surface area (Å²) in [5.41, 5.74) is 0. The van der Waals surface area contributed by atoms with Crippen LogP contribution in [0.15, 0.2) is 39.4 Å². The van der Waals surface area contributed by atoms with E-state index in [2.05, 4.69) is 5.32 Å². The van der Waals surface area contributed by atoms with E-state index in [-0.39, 0.29) is 6.04 Å². The SMILES string of the molecule is C[C@@H](NCc1ccc(C#N)o1)c1ccco1. The Morgan fingerprint density at radius 1 is 1.44 bits per heavy atom. The van der Waals surface area contributed by atoms with Crippen molar-refractivity contribution >= 4 is 0 Å². The van der Waals surface area contributed by atoms with Crippen molar-refractivity contribution in [2.75, 3.05) is 0 Å². The standard InChI is InChI=1S/C12H12N2O2/c1-9(12-3-2-6-15-12)14-8-11-5-4-10(7-13)16-11/h2-6,9,14H,8H2,1H3/t9-/m1/s1. The molecule has 1 N–H and O–H groups in total. The van der Waals surface area contributed by atoms with E-state index in [1.807, 2.05) is 25.1 Å². The van der Waals surface area contributed by atoms with Gasteiger partial charge >= 0.3 is 0 Å². The monoisotopic (exact) mass is 216 g/mol. The summed E-state index contributed by atoms with van der Waals surface area (Å²) in [5, 5.41) is 11.8. The van der Waals surface area contributed by atoms with Gasteiger partial charge < -0.3 is 14.2 Å². The zero-order valence-electron chi connectivity index (χ0n) is 8.93. The molecule has 0 saturated heterocycles. The van der Waals surface area contributed by atoms with Gasteiger partial charge in [-0.2, -0.15) is 5.26 Å². The third-order valence-corrected chi connectivity index (χ3v) is 2.32. The lowest BCUT2D eigenvalue weighted by molar-refractivity contribution is 0.405. The minimum atomic E-state index is 0.116. The quantitative estimate of drug-likeness (QED) is 0.853. The molecular weight excluding hydrogens is 204 g/mol. The second-order valence-corrected chi connectivity index (χ2v) is 3.50. The fraction of sp³-hybridized carbons (Fsp3) is 0.250. The lowest BCUT2D eigenvalue weighted by Crippen LogP contribution is -2.17. The van der Waals surface area contributed by atoms with E-state index < -0.39 is 0 Å². The van der Waals surface area contributed by atoms with Crippen LogP contribution in [0, 0.1) is 11.3 Å². The molecule has 2 heterocycles. The normalized spacial score (nSPS) is 12.2. The van der Waals surface area contributed by atoms with E-state index in [9.17, 15) is 0 Å². The molecule has 0 saturated carbocycles. The summed E-state index contributed by atoms with van der Waals surface area (Å²) in [4.78, 5) is 0. The summed E-state index contributed by atoms with van der Waals surface area (Å²) in [6, 6.07) is 9.29. The van der Waals surface area contributed by atoms with Crippen LogP contribution < -0.4 is 5.32 Å². The van der Waals surface area contributed by atoms with Crippen LogP contribution in [0.3, 0.4) is 0 Å². The van der Waals surface area contributed by atoms with Crippen LogP contribution in [0.4, 0.5) is 0 Å². The van der Waals surface area contributed by atoms with Gasteiger partial charge in [-0.15, -0.1) is 0 Å². The average molecular weight is 216 g/mol. The second-order valence-electron chi connectivity index (χ2n) is 3.50. The van der Waals surface area contributed by atoms with E-state index >= 15 is 0 Å². The molecule has 4 heteroatoms. The molecule has 4 nitrogen and oxygen atoms in total. The lowest BCUT2D eigenvalue weighted by Gasteiger charge is -2.09. The summed E-state index contributed by atoms with van der Waals surface area (Å²) in [6.45, 7) is 2.58. The van der Waals surface area contributed by atoms with Gasteiger partial charge in [-0.3, -0.25) is 0 Å². The molecule has 82 valence electrons. The molecule has 0 radical (unpaired) electrons. The Labute approximate surface area is 93.5 Å². The third-order valence-electron chi connectivity index (χ3n) is 2.32. The largest absolute Gasteiger partial charge is 0.468 e. The minimum Gasteiger partial charge on any atom is -0.468 e. The van der Waals surface area contributed by atoms with E-state index in [1.54, 1.807) is 18.4 Å². The van der Waals surface area contributed by atoms with E-state index in [1.165, 1.54) is 0 Å². The smallest absolute Gasteiger partial charge is 0.203 e. The van der Waals surface area contributed by atoms with Crippen LogP contribution in [-0.2, 0) is 6.54 Å². The molecule has 2 aromatic heterocycles. The van der Waals surface area contributed by atoms with Gasteiger partial charge in [-0.05, 0) is 31.2 Å². The molecule has 0 aromatic carbocycles. The fourth-order valence-electron chi connectivity index (χ4n) is 1.42. The zero-order valence-corrected chi connectivity index (χ0v) is 8.93. The molecular formula is C12H12N2O2. The summed E-state index contributed by atoms with van der Waals surface area (Å²) in [7, 11) is 0. The summed E-state index contributed by atoms with van der Waals surface area (Å²) in [6.07, 6.45) is 1.65. The van der Waals surface area contributed by atoms with Crippen LogP contribution in [0.5, 0.6) is 0 Å². The number of hydrogen-bond acceptors (Lipinski definition) is 4. The Morgan fingerprint density at radius 3 is 2.94 bits per heavy atom. The molecule has 16 heavy (non-hydrogen) atoms. The minimum absolute atomic E-state index is 0.116. The summed E-state index contributed by atoms with van der Waals surface area (Å²) in [5.74, 6) is 1.96. The highest BCUT2D eigenvalue weighted by Crippen LogP contribution is 2.14. The molecule has 0 aliphatic rings. The van der Waals surface area contributed by atoms with Gasteiger partial charge in [0.05, 0.1) is 18.8 Å². The molecule has 0 amide bonds. The maximum Gasteiger partial charge on any atom is 0.203 e. The van der Waals surface area contributed by atoms with Gasteiger partial charge in [0.25, 0.3) is 0 Å². The molecule has 0 aliphatic heterocycles. The molecule has 2 rings (SSSR count). The van der Waals surface area contributed by atoms with E-state index in [0.29, 0.717) is 12.3 Å². The van der Waals surface area contributed by atoms with Crippen molar-refractivity contribution in [2.24, 2.45) is 0 Å². The molecule has 0 fully saturated rings. The highest BCUT2D eigenvalue weighted by Gasteiger charge is 2.08. The van der Waals surface area contributed by atoms with Crippen LogP contribution in [0.2, 0.25) is 0 Å². The van der Waals surface area contributed by atoms with E-state index in [0.717, 1.165) is 11.5 Å². The van der Waals surface area contributed by atoms with Crippen molar-refractivity contribution in [1.29, 1.82) is 5.26 Å². The first-order chi connectivity index (χ1) is 7.79. The van der Waals surface area contributed by atoms with Crippen molar-refractivity contribution in [2.45, 2.75) is 19.5 Å². The van der Waals surface area contributed by atoms with Crippen molar-refractivity contribution in [3.05, 3.63) is 47.8 Å². The molecule has 0 unspecified atom stereocenters. The number of rotatable bonds is 4. The van der Waals surface area contributed by atoms with Crippen LogP contribution in [0.1, 0.15) is 30.2 Å². The number of hydrogen-bond donors (Lipinski definition) is 1. The van der Waals surface area contributed by atoms with Crippen LogP contribution in [-0.4, -0.2) is 0 Å². The average Bonchev–Trinajstić information content (AvgIpc) is 2.96. The number of nitrogens with one attached hydrogen (secondary N) is 1. The van der Waals surface area contributed by atoms with Gasteiger partial charge in [0.1, 0.15) is 17.6 Å². The lowest BCUT2D eigenvalue weighted by atomic mass is 10.2. The first-order valence-corrected chi connectivity index (χ1v) is 5.05. The number of nitriles is 1. The highest BCUT2D eigenvalue weighted by molar-refractivity contribution is 5.19. The van der Waals surface area contributed by atoms with Gasteiger partial charge in [0.15, 0.2) is 0 Å². The Kier molecular flexibility index (Phi) is 3.08. The molecule has 0 aliphatic carbocycles. The molecule has 2 aromatic rings. The maximum atomic E-state index is 8.60. The Balaban J connectivity index is 1.90. The molecule has 0 spiro atoms. The molecule has 0 bridgehead atoms. The molecule has 1 atom stereocenters. The van der Waals surface area contributed by atoms with Crippen LogP contribution >= 0.6 is 0 Å². The van der Waals surface area contributed by atoms with Crippen molar-refractivity contribution in [3.8, 4) is 6.07 Å². The van der Waals surface area contributed by atoms with Gasteiger partial charge in [-0.1, -0.05) is 0 Å². The predicted molar refractivity (Wildman–Crippen MR) is 57.4 cm³/mol. The zero-order chi connectivity index (χ0) is 11.4. The third kappa shape index (κ3) is 2.33. The number of furan rings is 2. The fourth-order valence-corrected chi connectivity index (χ4v) is 1.42. The Bertz CT molecular complexity index is 479. The summed E-state index contributed by atoms with van der Waals surface area (Å²) < 4.78 is 10.5. The first-order valence-electron chi connectivity index (χ1n) is 5.05.